The minimum Gasteiger partial charge on any atom is -0.490 e. The van der Waals surface area contributed by atoms with Crippen molar-refractivity contribution in [2.45, 2.75) is 25.3 Å². The van der Waals surface area contributed by atoms with E-state index < -0.39 is 22.5 Å². The van der Waals surface area contributed by atoms with Gasteiger partial charge in [0.25, 0.3) is 15.9 Å². The zero-order chi connectivity index (χ0) is 28.4. The van der Waals surface area contributed by atoms with E-state index in [9.17, 15) is 13.2 Å². The first-order valence-corrected chi connectivity index (χ1v) is 14.2. The van der Waals surface area contributed by atoms with E-state index in [4.69, 9.17) is 9.47 Å². The van der Waals surface area contributed by atoms with Gasteiger partial charge in [0.2, 0.25) is 0 Å². The zero-order valence-corrected chi connectivity index (χ0v) is 23.2. The number of hydrogen-bond acceptors (Lipinski definition) is 6. The van der Waals surface area contributed by atoms with E-state index >= 15 is 0 Å². The van der Waals surface area contributed by atoms with Crippen molar-refractivity contribution in [3.63, 3.8) is 0 Å². The Kier molecular flexibility index (Phi) is 9.53. The smallest absolute Gasteiger partial charge is 0.264 e. The van der Waals surface area contributed by atoms with Crippen molar-refractivity contribution in [2.75, 3.05) is 17.5 Å². The summed E-state index contributed by atoms with van der Waals surface area (Å²) in [4.78, 5) is 12.9. The summed E-state index contributed by atoms with van der Waals surface area (Å²) in [7, 11) is -4.00. The van der Waals surface area contributed by atoms with Gasteiger partial charge < -0.3 is 9.47 Å². The van der Waals surface area contributed by atoms with Crippen LogP contribution in [0.3, 0.4) is 0 Å². The van der Waals surface area contributed by atoms with Gasteiger partial charge in [-0.25, -0.2) is 13.8 Å². The number of amides is 1. The molecular formula is C31H31N3O5S. The highest BCUT2D eigenvalue weighted by molar-refractivity contribution is 7.92. The number of rotatable bonds is 12. The van der Waals surface area contributed by atoms with E-state index in [1.807, 2.05) is 50.2 Å². The van der Waals surface area contributed by atoms with Crippen molar-refractivity contribution in [3.8, 4) is 11.5 Å². The van der Waals surface area contributed by atoms with Crippen LogP contribution < -0.4 is 19.2 Å². The minimum atomic E-state index is -4.00. The Hall–Kier alpha value is -4.63. The standard InChI is InChI=1S/C31H31N3O5S/c1-3-38-30-20-26(17-18-29(30)39-23-25-12-6-4-7-13-25)21-32-33-31(35)22-34(27-14-10-11-24(2)19-27)40(36,37)28-15-8-5-9-16-28/h4-21H,3,22-23H2,1-2H3,(H,33,35)/b32-21-. The van der Waals surface area contributed by atoms with Crippen molar-refractivity contribution in [1.82, 2.24) is 5.43 Å². The van der Waals surface area contributed by atoms with E-state index in [1.54, 1.807) is 54.6 Å². The van der Waals surface area contributed by atoms with Crippen molar-refractivity contribution < 1.29 is 22.7 Å². The Labute approximate surface area is 234 Å². The normalized spacial score (nSPS) is 11.2. The van der Waals surface area contributed by atoms with Gasteiger partial charge in [-0.3, -0.25) is 9.10 Å². The van der Waals surface area contributed by atoms with Gasteiger partial charge in [0.15, 0.2) is 11.5 Å². The number of carbonyl (C=O) groups excluding carboxylic acids is 1. The summed E-state index contributed by atoms with van der Waals surface area (Å²) in [5.41, 5.74) is 5.39. The number of aryl methyl sites for hydroxylation is 1. The molecule has 0 saturated heterocycles. The first-order chi connectivity index (χ1) is 19.4. The maximum atomic E-state index is 13.4. The van der Waals surface area contributed by atoms with E-state index in [0.29, 0.717) is 36.0 Å². The number of hydrazone groups is 1. The summed E-state index contributed by atoms with van der Waals surface area (Å²) >= 11 is 0. The van der Waals surface area contributed by atoms with Gasteiger partial charge in [0, 0.05) is 0 Å². The fourth-order valence-electron chi connectivity index (χ4n) is 3.89. The third-order valence-electron chi connectivity index (χ3n) is 5.82. The van der Waals surface area contributed by atoms with Crippen LogP contribution in [0.2, 0.25) is 0 Å². The molecule has 0 radical (unpaired) electrons. The number of nitrogens with one attached hydrogen (secondary N) is 1. The Bertz CT molecular complexity index is 1560. The number of nitrogens with zero attached hydrogens (tertiary/aromatic N) is 2. The maximum Gasteiger partial charge on any atom is 0.264 e. The van der Waals surface area contributed by atoms with Gasteiger partial charge in [-0.15, -0.1) is 0 Å². The SMILES string of the molecule is CCOc1cc(/C=N\NC(=O)CN(c2cccc(C)c2)S(=O)(=O)c2ccccc2)ccc1OCc1ccccc1. The molecule has 0 saturated carbocycles. The fraction of sp³-hybridized carbons (Fsp3) is 0.161. The lowest BCUT2D eigenvalue weighted by Gasteiger charge is -2.24. The molecule has 0 fully saturated rings. The second-order valence-corrected chi connectivity index (χ2v) is 10.7. The Morgan fingerprint density at radius 3 is 2.30 bits per heavy atom. The number of anilines is 1. The summed E-state index contributed by atoms with van der Waals surface area (Å²) < 4.78 is 39.6. The van der Waals surface area contributed by atoms with Crippen molar-refractivity contribution in [1.29, 1.82) is 0 Å². The van der Waals surface area contributed by atoms with Gasteiger partial charge in [0.05, 0.1) is 23.4 Å². The molecule has 0 bridgehead atoms. The van der Waals surface area contributed by atoms with Crippen molar-refractivity contribution in [2.24, 2.45) is 5.10 Å². The van der Waals surface area contributed by atoms with Crippen molar-refractivity contribution >= 4 is 27.8 Å². The summed E-state index contributed by atoms with van der Waals surface area (Å²) in [5, 5.41) is 4.04. The highest BCUT2D eigenvalue weighted by Gasteiger charge is 2.27. The topological polar surface area (TPSA) is 97.3 Å². The van der Waals surface area contributed by atoms with E-state index in [-0.39, 0.29) is 4.90 Å². The molecule has 1 N–H and O–H groups in total. The average molecular weight is 558 g/mol. The molecule has 4 rings (SSSR count). The second kappa shape index (κ2) is 13.4. The minimum absolute atomic E-state index is 0.0887. The summed E-state index contributed by atoms with van der Waals surface area (Å²) in [6.07, 6.45) is 1.46. The number of hydrogen-bond donors (Lipinski definition) is 1. The van der Waals surface area contributed by atoms with E-state index in [2.05, 4.69) is 10.5 Å². The summed E-state index contributed by atoms with van der Waals surface area (Å²) in [5.74, 6) is 0.546. The molecule has 0 aliphatic carbocycles. The van der Waals surface area contributed by atoms with Crippen LogP contribution in [0, 0.1) is 6.92 Å². The maximum absolute atomic E-state index is 13.4. The lowest BCUT2D eigenvalue weighted by atomic mass is 10.2. The quantitative estimate of drug-likeness (QED) is 0.188. The third-order valence-corrected chi connectivity index (χ3v) is 7.60. The Balaban J connectivity index is 1.46. The molecule has 0 spiro atoms. The lowest BCUT2D eigenvalue weighted by Crippen LogP contribution is -2.39. The van der Waals surface area contributed by atoms with Gasteiger partial charge >= 0.3 is 0 Å². The van der Waals surface area contributed by atoms with Gasteiger partial charge in [-0.2, -0.15) is 5.10 Å². The number of benzene rings is 4. The monoisotopic (exact) mass is 557 g/mol. The van der Waals surface area contributed by atoms with E-state index in [0.717, 1.165) is 15.4 Å². The number of ether oxygens (including phenoxy) is 2. The Morgan fingerprint density at radius 2 is 1.60 bits per heavy atom. The van der Waals surface area contributed by atoms with Crippen LogP contribution in [0.1, 0.15) is 23.6 Å². The first-order valence-electron chi connectivity index (χ1n) is 12.8. The summed E-state index contributed by atoms with van der Waals surface area (Å²) in [6.45, 7) is 4.13. The van der Waals surface area contributed by atoms with E-state index in [1.165, 1.54) is 18.3 Å². The molecule has 0 aliphatic rings. The van der Waals surface area contributed by atoms with Gasteiger partial charge in [0.1, 0.15) is 13.2 Å². The molecule has 1 amide bonds. The van der Waals surface area contributed by atoms with Gasteiger partial charge in [-0.1, -0.05) is 60.7 Å². The van der Waals surface area contributed by atoms with Crippen LogP contribution in [0.4, 0.5) is 5.69 Å². The summed E-state index contributed by atoms with van der Waals surface area (Å²) in [6, 6.07) is 30.1. The molecule has 40 heavy (non-hydrogen) atoms. The molecule has 8 nitrogen and oxygen atoms in total. The first kappa shape index (κ1) is 28.4. The van der Waals surface area contributed by atoms with Crippen molar-refractivity contribution in [3.05, 3.63) is 120 Å². The molecule has 0 aliphatic heterocycles. The molecule has 0 atom stereocenters. The zero-order valence-electron chi connectivity index (χ0n) is 22.4. The highest BCUT2D eigenvalue weighted by atomic mass is 32.2. The lowest BCUT2D eigenvalue weighted by molar-refractivity contribution is -0.119. The van der Waals surface area contributed by atoms with Crippen LogP contribution in [0.5, 0.6) is 11.5 Å². The second-order valence-electron chi connectivity index (χ2n) is 8.87. The molecule has 9 heteroatoms. The highest BCUT2D eigenvalue weighted by Crippen LogP contribution is 2.29. The predicted molar refractivity (Wildman–Crippen MR) is 156 cm³/mol. The van der Waals surface area contributed by atoms with Gasteiger partial charge in [-0.05, 0) is 73.0 Å². The van der Waals surface area contributed by atoms with Crippen LogP contribution in [0.25, 0.3) is 0 Å². The fourth-order valence-corrected chi connectivity index (χ4v) is 5.32. The molecule has 4 aromatic carbocycles. The molecule has 206 valence electrons. The largest absolute Gasteiger partial charge is 0.490 e. The van der Waals surface area contributed by atoms with Crippen LogP contribution in [0.15, 0.2) is 113 Å². The van der Waals surface area contributed by atoms with Crippen LogP contribution in [-0.4, -0.2) is 33.7 Å². The molecule has 0 heterocycles. The predicted octanol–water partition coefficient (Wildman–Crippen LogP) is 5.32. The number of sulfonamides is 1. The van der Waals surface area contributed by atoms with Crippen LogP contribution >= 0.6 is 0 Å². The molecule has 4 aromatic rings. The molecule has 0 aromatic heterocycles. The molecule has 0 unspecified atom stereocenters. The van der Waals surface area contributed by atoms with Crippen LogP contribution in [-0.2, 0) is 21.4 Å². The average Bonchev–Trinajstić information content (AvgIpc) is 2.96. The third kappa shape index (κ3) is 7.48. The number of carbonyl (C=O) groups is 1. The Morgan fingerprint density at radius 1 is 0.875 bits per heavy atom. The molecular weight excluding hydrogens is 526 g/mol.